The van der Waals surface area contributed by atoms with Crippen LogP contribution in [0.3, 0.4) is 0 Å². The first-order valence-corrected chi connectivity index (χ1v) is 8.08. The highest BCUT2D eigenvalue weighted by atomic mass is 79.9. The van der Waals surface area contributed by atoms with E-state index in [1.54, 1.807) is 19.9 Å². The van der Waals surface area contributed by atoms with Crippen LogP contribution >= 0.6 is 28.3 Å². The van der Waals surface area contributed by atoms with Gasteiger partial charge in [-0.3, -0.25) is 0 Å². The summed E-state index contributed by atoms with van der Waals surface area (Å²) in [5.74, 6) is 0.623. The van der Waals surface area contributed by atoms with E-state index in [0.717, 1.165) is 0 Å². The first-order chi connectivity index (χ1) is 9.10. The molecule has 0 aliphatic carbocycles. The van der Waals surface area contributed by atoms with Crippen LogP contribution in [0, 0.1) is 0 Å². The van der Waals surface area contributed by atoms with Gasteiger partial charge in [0.1, 0.15) is 16.4 Å². The molecule has 0 aliphatic rings. The van der Waals surface area contributed by atoms with Gasteiger partial charge in [-0.25, -0.2) is 13.1 Å². The summed E-state index contributed by atoms with van der Waals surface area (Å²) in [4.78, 5) is 0.00398. The predicted molar refractivity (Wildman–Crippen MR) is 87.9 cm³/mol. The van der Waals surface area contributed by atoms with Gasteiger partial charge in [-0.1, -0.05) is 0 Å². The molecular formula is C12H20BrClN2O4S. The van der Waals surface area contributed by atoms with Crippen molar-refractivity contribution in [2.75, 3.05) is 20.8 Å². The van der Waals surface area contributed by atoms with Gasteiger partial charge in [-0.15, -0.1) is 12.4 Å². The number of benzene rings is 1. The summed E-state index contributed by atoms with van der Waals surface area (Å²) in [5, 5.41) is 0. The van der Waals surface area contributed by atoms with Crippen LogP contribution in [0.5, 0.6) is 11.5 Å². The quantitative estimate of drug-likeness (QED) is 0.757. The van der Waals surface area contributed by atoms with Gasteiger partial charge >= 0.3 is 0 Å². The third-order valence-corrected chi connectivity index (χ3v) is 4.49. The van der Waals surface area contributed by atoms with Crippen molar-refractivity contribution in [1.82, 2.24) is 4.72 Å². The molecule has 21 heavy (non-hydrogen) atoms. The van der Waals surface area contributed by atoms with Crippen molar-refractivity contribution in [3.8, 4) is 11.5 Å². The van der Waals surface area contributed by atoms with Crippen molar-refractivity contribution in [2.24, 2.45) is 5.73 Å². The molecule has 6 nitrogen and oxygen atoms in total. The molecule has 0 amide bonds. The Balaban J connectivity index is 0.00000400. The first-order valence-electron chi connectivity index (χ1n) is 5.81. The number of hydrogen-bond donors (Lipinski definition) is 2. The molecule has 0 aromatic heterocycles. The Labute approximate surface area is 140 Å². The van der Waals surface area contributed by atoms with Gasteiger partial charge in [-0.05, 0) is 35.8 Å². The summed E-state index contributed by atoms with van der Waals surface area (Å²) in [6.07, 6.45) is 0. The third kappa shape index (κ3) is 5.63. The fourth-order valence-electron chi connectivity index (χ4n) is 1.40. The summed E-state index contributed by atoms with van der Waals surface area (Å²) in [5.41, 5.74) is 5.13. The zero-order valence-corrected chi connectivity index (χ0v) is 15.5. The number of hydrogen-bond acceptors (Lipinski definition) is 5. The normalized spacial score (nSPS) is 11.7. The summed E-state index contributed by atoms with van der Waals surface area (Å²) in [7, 11) is -0.881. The molecule has 0 unspecified atom stereocenters. The third-order valence-electron chi connectivity index (χ3n) is 2.45. The Kier molecular flexibility index (Phi) is 7.44. The molecule has 0 spiro atoms. The number of nitrogens with two attached hydrogens (primary N) is 1. The number of ether oxygens (including phenoxy) is 2. The van der Waals surface area contributed by atoms with Crippen molar-refractivity contribution < 1.29 is 17.9 Å². The molecule has 9 heteroatoms. The molecule has 1 aromatic carbocycles. The van der Waals surface area contributed by atoms with E-state index >= 15 is 0 Å². The van der Waals surface area contributed by atoms with Crippen molar-refractivity contribution in [3.05, 3.63) is 16.6 Å². The van der Waals surface area contributed by atoms with Crippen LogP contribution in [-0.2, 0) is 10.0 Å². The van der Waals surface area contributed by atoms with E-state index in [2.05, 4.69) is 20.7 Å². The van der Waals surface area contributed by atoms with Crippen LogP contribution in [-0.4, -0.2) is 34.7 Å². The van der Waals surface area contributed by atoms with Gasteiger partial charge in [0.05, 0.1) is 18.7 Å². The summed E-state index contributed by atoms with van der Waals surface area (Å²) < 4.78 is 37.9. The maximum Gasteiger partial charge on any atom is 0.244 e. The fraction of sp³-hybridized carbons (Fsp3) is 0.500. The lowest BCUT2D eigenvalue weighted by Crippen LogP contribution is -2.45. The molecule has 3 N–H and O–H groups in total. The van der Waals surface area contributed by atoms with E-state index in [-0.39, 0.29) is 29.6 Å². The maximum atomic E-state index is 12.3. The van der Waals surface area contributed by atoms with Gasteiger partial charge in [0, 0.05) is 18.2 Å². The highest BCUT2D eigenvalue weighted by molar-refractivity contribution is 9.10. The molecule has 0 saturated carbocycles. The Morgan fingerprint density at radius 2 is 1.76 bits per heavy atom. The van der Waals surface area contributed by atoms with Crippen LogP contribution in [0.2, 0.25) is 0 Å². The van der Waals surface area contributed by atoms with Crippen molar-refractivity contribution >= 4 is 38.4 Å². The molecule has 0 radical (unpaired) electrons. The molecule has 1 rings (SSSR count). The predicted octanol–water partition coefficient (Wildman–Crippen LogP) is 1.90. The number of rotatable bonds is 6. The van der Waals surface area contributed by atoms with E-state index in [4.69, 9.17) is 15.2 Å². The average molecular weight is 404 g/mol. The minimum absolute atomic E-state index is 0. The van der Waals surface area contributed by atoms with Gasteiger partial charge in [0.15, 0.2) is 0 Å². The fourth-order valence-corrected chi connectivity index (χ4v) is 3.27. The highest BCUT2D eigenvalue weighted by Crippen LogP contribution is 2.35. The first kappa shape index (κ1) is 20.5. The van der Waals surface area contributed by atoms with E-state index in [1.807, 2.05) is 0 Å². The number of methoxy groups -OCH3 is 2. The van der Waals surface area contributed by atoms with Crippen LogP contribution < -0.4 is 19.9 Å². The molecule has 0 heterocycles. The van der Waals surface area contributed by atoms with Crippen molar-refractivity contribution in [3.63, 3.8) is 0 Å². The van der Waals surface area contributed by atoms with Crippen LogP contribution in [0.25, 0.3) is 0 Å². The van der Waals surface area contributed by atoms with Crippen LogP contribution in [0.1, 0.15) is 13.8 Å². The Morgan fingerprint density at radius 1 is 1.24 bits per heavy atom. The molecule has 0 atom stereocenters. The van der Waals surface area contributed by atoms with E-state index < -0.39 is 15.6 Å². The minimum atomic E-state index is -3.74. The monoisotopic (exact) mass is 402 g/mol. The molecular weight excluding hydrogens is 384 g/mol. The summed E-state index contributed by atoms with van der Waals surface area (Å²) in [6.45, 7) is 3.57. The average Bonchev–Trinajstić information content (AvgIpc) is 2.35. The summed E-state index contributed by atoms with van der Waals surface area (Å²) in [6, 6.07) is 2.94. The van der Waals surface area contributed by atoms with Gasteiger partial charge in [0.2, 0.25) is 10.0 Å². The Hall–Kier alpha value is -0.540. The largest absolute Gasteiger partial charge is 0.496 e. The molecule has 0 bridgehead atoms. The van der Waals surface area contributed by atoms with E-state index in [0.29, 0.717) is 10.2 Å². The lowest BCUT2D eigenvalue weighted by Gasteiger charge is -2.20. The van der Waals surface area contributed by atoms with Crippen LogP contribution in [0.15, 0.2) is 21.5 Å². The standard InChI is InChI=1S/C12H19BrN2O4S.ClH/c1-12(2,14)7-15-20(16,17)11-6-9(18-3)8(13)5-10(11)19-4;/h5-6,15H,7,14H2,1-4H3;1H. The Morgan fingerprint density at radius 3 is 2.19 bits per heavy atom. The van der Waals surface area contributed by atoms with Crippen molar-refractivity contribution in [1.29, 1.82) is 0 Å². The maximum absolute atomic E-state index is 12.3. The minimum Gasteiger partial charge on any atom is -0.496 e. The zero-order chi connectivity index (χ0) is 15.6. The zero-order valence-electron chi connectivity index (χ0n) is 12.3. The van der Waals surface area contributed by atoms with Crippen molar-refractivity contribution in [2.45, 2.75) is 24.3 Å². The second-order valence-electron chi connectivity index (χ2n) is 4.95. The van der Waals surface area contributed by atoms with Crippen LogP contribution in [0.4, 0.5) is 0 Å². The number of sulfonamides is 1. The second-order valence-corrected chi connectivity index (χ2v) is 7.54. The topological polar surface area (TPSA) is 90.7 Å². The molecule has 0 aliphatic heterocycles. The molecule has 0 fully saturated rings. The van der Waals surface area contributed by atoms with Gasteiger partial charge in [0.25, 0.3) is 0 Å². The van der Waals surface area contributed by atoms with E-state index in [1.165, 1.54) is 20.3 Å². The smallest absolute Gasteiger partial charge is 0.244 e. The molecule has 0 saturated heterocycles. The molecule has 122 valence electrons. The number of nitrogens with one attached hydrogen (secondary N) is 1. The second kappa shape index (κ2) is 7.64. The van der Waals surface area contributed by atoms with Gasteiger partial charge < -0.3 is 15.2 Å². The van der Waals surface area contributed by atoms with Gasteiger partial charge in [-0.2, -0.15) is 0 Å². The summed E-state index contributed by atoms with van der Waals surface area (Å²) >= 11 is 3.28. The SMILES string of the molecule is COc1cc(S(=O)(=O)NCC(C)(C)N)c(OC)cc1Br.Cl. The lowest BCUT2D eigenvalue weighted by molar-refractivity contribution is 0.389. The number of halogens is 2. The Bertz CT molecular complexity index is 588. The van der Waals surface area contributed by atoms with E-state index in [9.17, 15) is 8.42 Å². The highest BCUT2D eigenvalue weighted by Gasteiger charge is 2.24. The lowest BCUT2D eigenvalue weighted by atomic mass is 10.1. The molecule has 1 aromatic rings.